The zero-order chi connectivity index (χ0) is 17.1. The molecule has 0 aromatic heterocycles. The highest BCUT2D eigenvalue weighted by atomic mass is 127. The topological polar surface area (TPSA) is 59.9 Å². The Bertz CT molecular complexity index is 348. The average Bonchev–Trinajstić information content (AvgIpc) is 2.56. The van der Waals surface area contributed by atoms with Gasteiger partial charge in [0.1, 0.15) is 0 Å². The van der Waals surface area contributed by atoms with Crippen LogP contribution in [0.1, 0.15) is 52.9 Å². The highest BCUT2D eigenvalue weighted by Crippen LogP contribution is 2.30. The minimum atomic E-state index is 0. The summed E-state index contributed by atoms with van der Waals surface area (Å²) in [6.07, 6.45) is 5.54. The van der Waals surface area contributed by atoms with E-state index in [2.05, 4.69) is 43.4 Å². The quantitative estimate of drug-likeness (QED) is 0.285. The highest BCUT2D eigenvalue weighted by molar-refractivity contribution is 14.0. The number of guanidine groups is 1. The molecule has 0 aromatic rings. The zero-order valence-corrected chi connectivity index (χ0v) is 18.4. The van der Waals surface area contributed by atoms with Crippen molar-refractivity contribution < 1.29 is 5.11 Å². The molecule has 0 aliphatic carbocycles. The van der Waals surface area contributed by atoms with Gasteiger partial charge in [-0.25, -0.2) is 0 Å². The Hall–Kier alpha value is -0.0800. The van der Waals surface area contributed by atoms with Gasteiger partial charge in [0.2, 0.25) is 0 Å². The van der Waals surface area contributed by atoms with Gasteiger partial charge < -0.3 is 20.6 Å². The van der Waals surface area contributed by atoms with E-state index < -0.39 is 0 Å². The summed E-state index contributed by atoms with van der Waals surface area (Å²) in [6, 6.07) is 0. The molecule has 0 spiro atoms. The molecule has 144 valence electrons. The van der Waals surface area contributed by atoms with E-state index in [9.17, 15) is 5.11 Å². The third kappa shape index (κ3) is 8.34. The third-order valence-electron chi connectivity index (χ3n) is 5.34. The maximum atomic E-state index is 9.35. The van der Waals surface area contributed by atoms with Crippen molar-refractivity contribution in [1.82, 2.24) is 15.5 Å². The number of piperidine rings is 1. The molecule has 1 aliphatic rings. The van der Waals surface area contributed by atoms with E-state index in [4.69, 9.17) is 4.99 Å². The Morgan fingerprint density at radius 2 is 1.96 bits per heavy atom. The number of aliphatic imine (C=N–C) groups is 1. The fraction of sp³-hybridized carbons (Fsp3) is 0.944. The number of halogens is 1. The first-order valence-corrected chi connectivity index (χ1v) is 9.40. The Balaban J connectivity index is 0.00000529. The van der Waals surface area contributed by atoms with Crippen LogP contribution in [-0.2, 0) is 0 Å². The molecule has 1 fully saturated rings. The Kier molecular flexibility index (Phi) is 13.1. The van der Waals surface area contributed by atoms with E-state index in [1.165, 1.54) is 25.9 Å². The molecule has 1 unspecified atom stereocenters. The van der Waals surface area contributed by atoms with Crippen LogP contribution in [0.4, 0.5) is 0 Å². The lowest BCUT2D eigenvalue weighted by Crippen LogP contribution is -2.44. The van der Waals surface area contributed by atoms with Crippen molar-refractivity contribution in [3.05, 3.63) is 0 Å². The van der Waals surface area contributed by atoms with E-state index in [0.717, 1.165) is 44.9 Å². The first-order chi connectivity index (χ1) is 11.1. The molecule has 24 heavy (non-hydrogen) atoms. The molecule has 0 bridgehead atoms. The summed E-state index contributed by atoms with van der Waals surface area (Å²) in [4.78, 5) is 7.24. The van der Waals surface area contributed by atoms with E-state index in [1.807, 2.05) is 0 Å². The average molecular weight is 454 g/mol. The molecule has 1 atom stereocenters. The lowest BCUT2D eigenvalue weighted by atomic mass is 9.79. The van der Waals surface area contributed by atoms with Crippen LogP contribution in [-0.4, -0.2) is 62.3 Å². The minimum absolute atomic E-state index is 0. The summed E-state index contributed by atoms with van der Waals surface area (Å²) < 4.78 is 0. The van der Waals surface area contributed by atoms with Gasteiger partial charge >= 0.3 is 0 Å². The van der Waals surface area contributed by atoms with E-state index in [1.54, 1.807) is 0 Å². The molecule has 0 radical (unpaired) electrons. The van der Waals surface area contributed by atoms with Crippen LogP contribution >= 0.6 is 24.0 Å². The van der Waals surface area contributed by atoms with Crippen LogP contribution in [0.25, 0.3) is 0 Å². The predicted octanol–water partition coefficient (Wildman–Crippen LogP) is 2.69. The van der Waals surface area contributed by atoms with Crippen molar-refractivity contribution >= 4 is 29.9 Å². The zero-order valence-electron chi connectivity index (χ0n) is 16.1. The van der Waals surface area contributed by atoms with Gasteiger partial charge in [-0.1, -0.05) is 13.8 Å². The molecule has 1 aliphatic heterocycles. The summed E-state index contributed by atoms with van der Waals surface area (Å²) in [5, 5.41) is 16.2. The van der Waals surface area contributed by atoms with Gasteiger partial charge in [-0.3, -0.25) is 4.99 Å². The summed E-state index contributed by atoms with van der Waals surface area (Å²) in [6.45, 7) is 11.8. The van der Waals surface area contributed by atoms with E-state index >= 15 is 0 Å². The molecule has 1 rings (SSSR count). The Morgan fingerprint density at radius 3 is 2.50 bits per heavy atom. The monoisotopic (exact) mass is 454 g/mol. The van der Waals surface area contributed by atoms with Crippen molar-refractivity contribution in [3.63, 3.8) is 0 Å². The van der Waals surface area contributed by atoms with Gasteiger partial charge in [0.05, 0.1) is 0 Å². The Labute approximate surface area is 166 Å². The number of nitrogens with one attached hydrogen (secondary N) is 2. The molecule has 1 heterocycles. The molecule has 0 amide bonds. The SMILES string of the molecule is CCNC(=NCC(CC)(CC)CCO)NCC1CCCN(C)C1.I. The molecule has 5 nitrogen and oxygen atoms in total. The maximum Gasteiger partial charge on any atom is 0.191 e. The fourth-order valence-corrected chi connectivity index (χ4v) is 3.41. The van der Waals surface area contributed by atoms with Gasteiger partial charge in [-0.05, 0) is 64.0 Å². The van der Waals surface area contributed by atoms with Crippen LogP contribution in [0.5, 0.6) is 0 Å². The maximum absolute atomic E-state index is 9.35. The number of hydrogen-bond donors (Lipinski definition) is 3. The number of aliphatic hydroxyl groups excluding tert-OH is 1. The highest BCUT2D eigenvalue weighted by Gasteiger charge is 2.25. The van der Waals surface area contributed by atoms with Crippen LogP contribution < -0.4 is 10.6 Å². The van der Waals surface area contributed by atoms with Crippen molar-refractivity contribution in [2.45, 2.75) is 52.9 Å². The first kappa shape index (κ1) is 23.9. The van der Waals surface area contributed by atoms with Crippen LogP contribution in [0.2, 0.25) is 0 Å². The minimum Gasteiger partial charge on any atom is -0.396 e. The molecule has 1 saturated heterocycles. The molecular weight excluding hydrogens is 415 g/mol. The smallest absolute Gasteiger partial charge is 0.191 e. The van der Waals surface area contributed by atoms with Crippen molar-refractivity contribution in [2.75, 3.05) is 46.4 Å². The molecule has 6 heteroatoms. The second-order valence-corrected chi connectivity index (χ2v) is 7.03. The fourth-order valence-electron chi connectivity index (χ4n) is 3.41. The van der Waals surface area contributed by atoms with E-state index in [-0.39, 0.29) is 36.0 Å². The second kappa shape index (κ2) is 13.2. The number of rotatable bonds is 9. The molecule has 0 aromatic carbocycles. The van der Waals surface area contributed by atoms with Gasteiger partial charge in [0.15, 0.2) is 5.96 Å². The summed E-state index contributed by atoms with van der Waals surface area (Å²) in [5.74, 6) is 1.63. The number of nitrogens with zero attached hydrogens (tertiary/aromatic N) is 2. The van der Waals surface area contributed by atoms with Gasteiger partial charge in [-0.2, -0.15) is 0 Å². The lowest BCUT2D eigenvalue weighted by Gasteiger charge is -2.31. The van der Waals surface area contributed by atoms with E-state index in [0.29, 0.717) is 5.92 Å². The van der Waals surface area contributed by atoms with Gasteiger partial charge in [0.25, 0.3) is 0 Å². The van der Waals surface area contributed by atoms with Crippen molar-refractivity contribution in [3.8, 4) is 0 Å². The first-order valence-electron chi connectivity index (χ1n) is 9.40. The van der Waals surface area contributed by atoms with Crippen LogP contribution in [0, 0.1) is 11.3 Å². The summed E-state index contributed by atoms with van der Waals surface area (Å²) in [5.41, 5.74) is 0.127. The number of hydrogen-bond acceptors (Lipinski definition) is 3. The van der Waals surface area contributed by atoms with Crippen LogP contribution in [0.3, 0.4) is 0 Å². The third-order valence-corrected chi connectivity index (χ3v) is 5.34. The largest absolute Gasteiger partial charge is 0.396 e. The van der Waals surface area contributed by atoms with Crippen molar-refractivity contribution in [2.24, 2.45) is 16.3 Å². The standard InChI is InChI=1S/C18H38N4O.HI/c1-5-18(6-2,10-12-23)15-21-17(19-7-3)20-13-16-9-8-11-22(4)14-16;/h16,23H,5-15H2,1-4H3,(H2,19,20,21);1H. The van der Waals surface area contributed by atoms with Crippen molar-refractivity contribution in [1.29, 1.82) is 0 Å². The van der Waals surface area contributed by atoms with Gasteiger partial charge in [0, 0.05) is 32.8 Å². The second-order valence-electron chi connectivity index (χ2n) is 7.03. The molecular formula is C18H39IN4O. The lowest BCUT2D eigenvalue weighted by molar-refractivity contribution is 0.175. The normalized spacial score (nSPS) is 19.7. The number of aliphatic hydroxyl groups is 1. The summed E-state index contributed by atoms with van der Waals surface area (Å²) >= 11 is 0. The Morgan fingerprint density at radius 1 is 1.25 bits per heavy atom. The van der Waals surface area contributed by atoms with Gasteiger partial charge in [-0.15, -0.1) is 24.0 Å². The summed E-state index contributed by atoms with van der Waals surface area (Å²) in [7, 11) is 2.21. The predicted molar refractivity (Wildman–Crippen MR) is 114 cm³/mol. The number of likely N-dealkylation sites (tertiary alicyclic amines) is 1. The van der Waals surface area contributed by atoms with Crippen LogP contribution in [0.15, 0.2) is 4.99 Å². The molecule has 3 N–H and O–H groups in total. The molecule has 0 saturated carbocycles.